The van der Waals surface area contributed by atoms with Crippen molar-refractivity contribution in [1.29, 1.82) is 0 Å². The van der Waals surface area contributed by atoms with Crippen LogP contribution in [0.2, 0.25) is 0 Å². The Morgan fingerprint density at radius 3 is 2.67 bits per heavy atom. The molecule has 0 radical (unpaired) electrons. The summed E-state index contributed by atoms with van der Waals surface area (Å²) in [7, 11) is -3.57. The Kier molecular flexibility index (Phi) is 7.07. The van der Waals surface area contributed by atoms with Crippen molar-refractivity contribution in [3.05, 3.63) is 30.1 Å². The molecule has 5 nitrogen and oxygen atoms in total. The summed E-state index contributed by atoms with van der Waals surface area (Å²) in [5.41, 5.74) is 5.76. The van der Waals surface area contributed by atoms with Gasteiger partial charge in [0.2, 0.25) is 10.0 Å². The minimum absolute atomic E-state index is 0.0353. The van der Waals surface area contributed by atoms with Crippen LogP contribution < -0.4 is 10.0 Å². The van der Waals surface area contributed by atoms with E-state index in [1.165, 1.54) is 22.5 Å². The molecule has 0 heterocycles. The number of hydrogen-bond donors (Lipinski definition) is 1. The second-order valence-corrected chi connectivity index (χ2v) is 6.94. The lowest BCUT2D eigenvalue weighted by molar-refractivity contribution is 0.0912. The van der Waals surface area contributed by atoms with Gasteiger partial charge in [-0.25, -0.2) is 12.8 Å². The van der Waals surface area contributed by atoms with Crippen molar-refractivity contribution >= 4 is 15.7 Å². The summed E-state index contributed by atoms with van der Waals surface area (Å²) in [6, 6.07) is 5.54. The zero-order valence-electron chi connectivity index (χ0n) is 12.5. The van der Waals surface area contributed by atoms with Crippen molar-refractivity contribution < 1.29 is 17.5 Å². The van der Waals surface area contributed by atoms with Crippen LogP contribution in [0.1, 0.15) is 20.3 Å². The number of ether oxygens (including phenoxy) is 1. The average molecular weight is 318 g/mol. The fourth-order valence-electron chi connectivity index (χ4n) is 1.79. The Balaban J connectivity index is 2.90. The first-order chi connectivity index (χ1) is 9.86. The van der Waals surface area contributed by atoms with Crippen molar-refractivity contribution in [3.8, 4) is 0 Å². The Hall–Kier alpha value is -1.18. The minimum Gasteiger partial charge on any atom is -0.378 e. The summed E-state index contributed by atoms with van der Waals surface area (Å²) in [5.74, 6) is -0.620. The highest BCUT2D eigenvalue weighted by atomic mass is 32.2. The molecule has 0 aliphatic heterocycles. The van der Waals surface area contributed by atoms with Crippen molar-refractivity contribution in [2.75, 3.05) is 29.8 Å². The molecule has 0 aliphatic rings. The molecule has 0 aromatic heterocycles. The maximum Gasteiger partial charge on any atom is 0.237 e. The van der Waals surface area contributed by atoms with Gasteiger partial charge in [0, 0.05) is 6.54 Å². The van der Waals surface area contributed by atoms with Gasteiger partial charge in [-0.2, -0.15) is 0 Å². The second-order valence-electron chi connectivity index (χ2n) is 4.93. The first kappa shape index (κ1) is 17.9. The van der Waals surface area contributed by atoms with E-state index in [1.807, 2.05) is 13.8 Å². The van der Waals surface area contributed by atoms with Crippen LogP contribution in [0.3, 0.4) is 0 Å². The summed E-state index contributed by atoms with van der Waals surface area (Å²) in [4.78, 5) is 0. The highest BCUT2D eigenvalue weighted by Crippen LogP contribution is 2.20. The van der Waals surface area contributed by atoms with Gasteiger partial charge in [0.05, 0.1) is 24.2 Å². The van der Waals surface area contributed by atoms with Crippen LogP contribution in [-0.4, -0.2) is 40.0 Å². The smallest absolute Gasteiger partial charge is 0.237 e. The highest BCUT2D eigenvalue weighted by Gasteiger charge is 2.22. The molecule has 120 valence electrons. The maximum atomic E-state index is 13.3. The molecule has 7 heteroatoms. The van der Waals surface area contributed by atoms with E-state index in [9.17, 15) is 12.8 Å². The highest BCUT2D eigenvalue weighted by molar-refractivity contribution is 7.92. The van der Waals surface area contributed by atoms with Gasteiger partial charge in [-0.05, 0) is 45.0 Å². The Labute approximate surface area is 125 Å². The van der Waals surface area contributed by atoms with Gasteiger partial charge in [0.1, 0.15) is 5.82 Å². The zero-order valence-corrected chi connectivity index (χ0v) is 13.3. The molecule has 1 rings (SSSR count). The Morgan fingerprint density at radius 2 is 2.10 bits per heavy atom. The molecule has 0 bridgehead atoms. The monoisotopic (exact) mass is 318 g/mol. The van der Waals surface area contributed by atoms with Gasteiger partial charge < -0.3 is 10.5 Å². The van der Waals surface area contributed by atoms with Crippen molar-refractivity contribution in [1.82, 2.24) is 0 Å². The molecule has 0 atom stereocenters. The van der Waals surface area contributed by atoms with Gasteiger partial charge in [0.25, 0.3) is 0 Å². The average Bonchev–Trinajstić information content (AvgIpc) is 2.38. The van der Waals surface area contributed by atoms with Gasteiger partial charge in [-0.1, -0.05) is 6.07 Å². The quantitative estimate of drug-likeness (QED) is 0.753. The molecule has 21 heavy (non-hydrogen) atoms. The fraction of sp³-hybridized carbons (Fsp3) is 0.571. The van der Waals surface area contributed by atoms with Crippen molar-refractivity contribution in [3.63, 3.8) is 0 Å². The molecule has 0 aliphatic carbocycles. The Morgan fingerprint density at radius 1 is 1.38 bits per heavy atom. The molecule has 0 spiro atoms. The lowest BCUT2D eigenvalue weighted by Crippen LogP contribution is -2.36. The molecular weight excluding hydrogens is 295 g/mol. The van der Waals surface area contributed by atoms with Crippen LogP contribution in [-0.2, 0) is 14.8 Å². The molecule has 0 fully saturated rings. The predicted octanol–water partition coefficient (Wildman–Crippen LogP) is 1.74. The number of halogens is 1. The number of nitrogens with two attached hydrogens (primary N) is 1. The largest absolute Gasteiger partial charge is 0.378 e. The third-order valence-corrected chi connectivity index (χ3v) is 4.54. The fourth-order valence-corrected chi connectivity index (χ4v) is 3.16. The maximum absolute atomic E-state index is 13.3. The van der Waals surface area contributed by atoms with Gasteiger partial charge >= 0.3 is 0 Å². The number of nitrogens with zero attached hydrogens (tertiary/aromatic N) is 1. The minimum atomic E-state index is -3.57. The summed E-state index contributed by atoms with van der Waals surface area (Å²) in [6.07, 6.45) is 0.465. The van der Waals surface area contributed by atoms with Crippen LogP contribution in [0, 0.1) is 5.82 Å². The summed E-state index contributed by atoms with van der Waals surface area (Å²) >= 11 is 0. The number of benzene rings is 1. The van der Waals surface area contributed by atoms with Crippen LogP contribution in [0.15, 0.2) is 24.3 Å². The van der Waals surface area contributed by atoms with E-state index in [0.29, 0.717) is 18.7 Å². The van der Waals surface area contributed by atoms with Gasteiger partial charge in [0.15, 0.2) is 0 Å². The molecule has 1 aromatic rings. The topological polar surface area (TPSA) is 72.6 Å². The number of anilines is 1. The van der Waals surface area contributed by atoms with E-state index in [4.69, 9.17) is 10.5 Å². The van der Waals surface area contributed by atoms with Gasteiger partial charge in [-0.3, -0.25) is 4.31 Å². The van der Waals surface area contributed by atoms with E-state index >= 15 is 0 Å². The van der Waals surface area contributed by atoms with Gasteiger partial charge in [-0.15, -0.1) is 0 Å². The van der Waals surface area contributed by atoms with Crippen LogP contribution >= 0.6 is 0 Å². The van der Waals surface area contributed by atoms with Crippen LogP contribution in [0.25, 0.3) is 0 Å². The Bertz CT molecular complexity index is 535. The molecular formula is C14H23FN2O3S. The predicted molar refractivity (Wildman–Crippen MR) is 82.3 cm³/mol. The van der Waals surface area contributed by atoms with Crippen LogP contribution in [0.5, 0.6) is 0 Å². The van der Waals surface area contributed by atoms with E-state index in [1.54, 1.807) is 6.07 Å². The lowest BCUT2D eigenvalue weighted by Gasteiger charge is -2.24. The third kappa shape index (κ3) is 5.99. The second kappa shape index (κ2) is 8.31. The summed E-state index contributed by atoms with van der Waals surface area (Å²) in [5, 5.41) is 0. The molecule has 0 saturated heterocycles. The zero-order chi connectivity index (χ0) is 15.9. The summed E-state index contributed by atoms with van der Waals surface area (Å²) in [6.45, 7) is 4.37. The SMILES string of the molecule is CC(C)OCCS(=O)(=O)N(CCCN)c1cccc(F)c1. The van der Waals surface area contributed by atoms with Crippen molar-refractivity contribution in [2.45, 2.75) is 26.4 Å². The molecule has 0 saturated carbocycles. The van der Waals surface area contributed by atoms with E-state index < -0.39 is 15.8 Å². The lowest BCUT2D eigenvalue weighted by atomic mass is 10.3. The first-order valence-corrected chi connectivity index (χ1v) is 8.55. The number of sulfonamides is 1. The number of hydrogen-bond acceptors (Lipinski definition) is 4. The third-order valence-electron chi connectivity index (χ3n) is 2.79. The molecule has 2 N–H and O–H groups in total. The normalized spacial score (nSPS) is 11.9. The molecule has 1 aromatic carbocycles. The van der Waals surface area contributed by atoms with E-state index in [-0.39, 0.29) is 25.0 Å². The number of rotatable bonds is 9. The molecule has 0 unspecified atom stereocenters. The van der Waals surface area contributed by atoms with Crippen LogP contribution in [0.4, 0.5) is 10.1 Å². The van der Waals surface area contributed by atoms with Crippen molar-refractivity contribution in [2.24, 2.45) is 5.73 Å². The van der Waals surface area contributed by atoms with E-state index in [2.05, 4.69) is 0 Å². The van der Waals surface area contributed by atoms with E-state index in [0.717, 1.165) is 0 Å². The standard InChI is InChI=1S/C14H23FN2O3S/c1-12(2)20-9-10-21(18,19)17(8-4-7-16)14-6-3-5-13(15)11-14/h3,5-6,11-12H,4,7-10,16H2,1-2H3. The molecule has 0 amide bonds. The summed E-state index contributed by atoms with van der Waals surface area (Å²) < 4.78 is 44.6. The first-order valence-electron chi connectivity index (χ1n) is 6.94.